The van der Waals surface area contributed by atoms with Crippen molar-refractivity contribution < 1.29 is 39.3 Å². The van der Waals surface area contributed by atoms with Crippen LogP contribution in [0.1, 0.15) is 39.3 Å². The lowest BCUT2D eigenvalue weighted by Gasteiger charge is -2.26. The van der Waals surface area contributed by atoms with Crippen LogP contribution < -0.4 is 21.7 Å². The lowest BCUT2D eigenvalue weighted by molar-refractivity contribution is -0.143. The number of nitrogens with one attached hydrogen (secondary N) is 4. The number of aliphatic hydroxyl groups excluding tert-OH is 1. The third-order valence-electron chi connectivity index (χ3n) is 4.96. The minimum atomic E-state index is -1.58. The first-order valence-electron chi connectivity index (χ1n) is 10.6. The number of aliphatic hydroxyl groups is 1. The molecular weight excluding hydrogens is 452 g/mol. The summed E-state index contributed by atoms with van der Waals surface area (Å²) in [5, 5.41) is 35.3. The van der Waals surface area contributed by atoms with Gasteiger partial charge in [-0.25, -0.2) is 9.78 Å². The molecule has 5 atom stereocenters. The number of carbonyl (C=O) groups is 5. The van der Waals surface area contributed by atoms with E-state index in [9.17, 15) is 34.2 Å². The number of aromatic amines is 1. The van der Waals surface area contributed by atoms with Crippen LogP contribution in [0, 0.1) is 5.92 Å². The molecule has 0 saturated heterocycles. The Morgan fingerprint density at radius 3 is 2.09 bits per heavy atom. The van der Waals surface area contributed by atoms with Crippen molar-refractivity contribution in [3.63, 3.8) is 0 Å². The number of carboxylic acids is 2. The van der Waals surface area contributed by atoms with Gasteiger partial charge in [0.15, 0.2) is 0 Å². The van der Waals surface area contributed by atoms with Crippen LogP contribution in [-0.2, 0) is 30.4 Å². The number of hydrogen-bond acceptors (Lipinski definition) is 8. The maximum Gasteiger partial charge on any atom is 0.326 e. The Bertz CT molecular complexity index is 857. The number of aromatic nitrogens is 2. The fourth-order valence-corrected chi connectivity index (χ4v) is 2.84. The van der Waals surface area contributed by atoms with E-state index < -0.39 is 66.4 Å². The molecule has 0 spiro atoms. The topological polar surface area (TPSA) is 237 Å². The Morgan fingerprint density at radius 1 is 1.00 bits per heavy atom. The fraction of sp³-hybridized carbons (Fsp3) is 0.600. The molecule has 0 aliphatic carbocycles. The number of rotatable bonds is 14. The second kappa shape index (κ2) is 13.3. The van der Waals surface area contributed by atoms with Crippen molar-refractivity contribution >= 4 is 29.7 Å². The van der Waals surface area contributed by atoms with Gasteiger partial charge in [0.1, 0.15) is 18.1 Å². The molecule has 1 heterocycles. The minimum Gasteiger partial charge on any atom is -0.481 e. The first-order valence-corrected chi connectivity index (χ1v) is 10.6. The first-order chi connectivity index (χ1) is 15.8. The molecule has 1 aromatic heterocycles. The van der Waals surface area contributed by atoms with E-state index in [0.717, 1.165) is 0 Å². The molecule has 0 aromatic carbocycles. The zero-order valence-electron chi connectivity index (χ0n) is 19.1. The van der Waals surface area contributed by atoms with Crippen LogP contribution in [0.2, 0.25) is 0 Å². The van der Waals surface area contributed by atoms with E-state index >= 15 is 0 Å². The van der Waals surface area contributed by atoms with Gasteiger partial charge in [0, 0.05) is 24.7 Å². The molecule has 14 nitrogen and oxygen atoms in total. The lowest BCUT2D eigenvalue weighted by Crippen LogP contribution is -2.60. The van der Waals surface area contributed by atoms with Crippen molar-refractivity contribution in [2.24, 2.45) is 11.7 Å². The smallest absolute Gasteiger partial charge is 0.326 e. The van der Waals surface area contributed by atoms with Crippen molar-refractivity contribution in [3.8, 4) is 0 Å². The summed E-state index contributed by atoms with van der Waals surface area (Å²) < 4.78 is 0. The maximum absolute atomic E-state index is 12.8. The number of nitrogens with two attached hydrogens (primary N) is 1. The van der Waals surface area contributed by atoms with Gasteiger partial charge in [-0.05, 0) is 19.3 Å². The van der Waals surface area contributed by atoms with E-state index in [0.29, 0.717) is 5.69 Å². The number of carbonyl (C=O) groups excluding carboxylic acids is 3. The third kappa shape index (κ3) is 9.15. The molecule has 0 aliphatic rings. The Kier molecular flexibility index (Phi) is 11.1. The van der Waals surface area contributed by atoms with Gasteiger partial charge < -0.3 is 42.0 Å². The highest BCUT2D eigenvalue weighted by atomic mass is 16.4. The Balaban J connectivity index is 2.96. The number of H-pyrrole nitrogens is 1. The molecule has 5 unspecified atom stereocenters. The fourth-order valence-electron chi connectivity index (χ4n) is 2.84. The van der Waals surface area contributed by atoms with Crippen LogP contribution in [0.4, 0.5) is 0 Å². The zero-order valence-corrected chi connectivity index (χ0v) is 19.1. The van der Waals surface area contributed by atoms with E-state index in [4.69, 9.17) is 10.8 Å². The molecular formula is C20H32N6O8. The Morgan fingerprint density at radius 2 is 1.62 bits per heavy atom. The van der Waals surface area contributed by atoms with Crippen LogP contribution in [0.25, 0.3) is 0 Å². The van der Waals surface area contributed by atoms with Gasteiger partial charge in [-0.1, -0.05) is 13.8 Å². The average Bonchev–Trinajstić information content (AvgIpc) is 3.25. The molecule has 0 radical (unpaired) electrons. The third-order valence-corrected chi connectivity index (χ3v) is 4.96. The van der Waals surface area contributed by atoms with Crippen LogP contribution in [0.3, 0.4) is 0 Å². The van der Waals surface area contributed by atoms with E-state index in [1.54, 1.807) is 13.8 Å². The van der Waals surface area contributed by atoms with E-state index in [2.05, 4.69) is 25.9 Å². The van der Waals surface area contributed by atoms with Gasteiger partial charge in [0.2, 0.25) is 17.7 Å². The van der Waals surface area contributed by atoms with Gasteiger partial charge in [0.25, 0.3) is 0 Å². The maximum atomic E-state index is 12.8. The number of imidazole rings is 1. The van der Waals surface area contributed by atoms with Crippen molar-refractivity contribution in [3.05, 3.63) is 18.2 Å². The molecule has 0 fully saturated rings. The largest absolute Gasteiger partial charge is 0.481 e. The normalized spacial score (nSPS) is 15.5. The predicted molar refractivity (Wildman–Crippen MR) is 117 cm³/mol. The molecule has 3 amide bonds. The Hall–Kier alpha value is -3.52. The van der Waals surface area contributed by atoms with E-state index in [-0.39, 0.29) is 18.8 Å². The molecule has 0 saturated carbocycles. The summed E-state index contributed by atoms with van der Waals surface area (Å²) >= 11 is 0. The average molecular weight is 485 g/mol. The number of nitrogens with zero attached hydrogens (tertiary/aromatic N) is 1. The van der Waals surface area contributed by atoms with Crippen molar-refractivity contribution in [2.75, 3.05) is 0 Å². The standard InChI is InChI=1S/C20H32N6O8/c1-9(2)15(21)18(31)24-12(4-5-14(28)29)17(30)26-16(10(3)27)19(32)25-13(20(33)34)6-11-7-22-8-23-11/h7-10,12-13,15-16,27H,4-6,21H2,1-3H3,(H,22,23)(H,24,31)(H,25,32)(H,26,30)(H,28,29)(H,33,34). The Labute approximate surface area is 195 Å². The summed E-state index contributed by atoms with van der Waals surface area (Å²) in [6, 6.07) is -5.30. The molecule has 190 valence electrons. The van der Waals surface area contributed by atoms with E-state index in [1.807, 2.05) is 0 Å². The summed E-state index contributed by atoms with van der Waals surface area (Å²) in [6.45, 7) is 4.58. The highest BCUT2D eigenvalue weighted by Crippen LogP contribution is 2.06. The highest BCUT2D eigenvalue weighted by molar-refractivity contribution is 5.94. The van der Waals surface area contributed by atoms with Gasteiger partial charge in [-0.2, -0.15) is 0 Å². The van der Waals surface area contributed by atoms with Gasteiger partial charge in [-0.15, -0.1) is 0 Å². The van der Waals surface area contributed by atoms with Crippen LogP contribution in [0.5, 0.6) is 0 Å². The zero-order chi connectivity index (χ0) is 26.0. The summed E-state index contributed by atoms with van der Waals surface area (Å²) in [5.41, 5.74) is 6.21. The summed E-state index contributed by atoms with van der Waals surface area (Å²) in [6.07, 6.45) is 0.375. The van der Waals surface area contributed by atoms with Gasteiger partial charge in [-0.3, -0.25) is 19.2 Å². The van der Waals surface area contributed by atoms with E-state index in [1.165, 1.54) is 19.4 Å². The van der Waals surface area contributed by atoms with Crippen molar-refractivity contribution in [2.45, 2.75) is 70.3 Å². The first kappa shape index (κ1) is 28.5. The van der Waals surface area contributed by atoms with Gasteiger partial charge >= 0.3 is 11.9 Å². The lowest BCUT2D eigenvalue weighted by atomic mass is 10.0. The number of amides is 3. The molecule has 1 rings (SSSR count). The SMILES string of the molecule is CC(C)C(N)C(=O)NC(CCC(=O)O)C(=O)NC(C(=O)NC(Cc1cnc[nH]1)C(=O)O)C(C)O. The number of carboxylic acid groups (broad SMARTS) is 2. The molecule has 0 bridgehead atoms. The molecule has 34 heavy (non-hydrogen) atoms. The summed E-state index contributed by atoms with van der Waals surface area (Å²) in [5.74, 6) is -5.45. The number of hydrogen-bond donors (Lipinski definition) is 8. The van der Waals surface area contributed by atoms with Crippen molar-refractivity contribution in [1.82, 2.24) is 25.9 Å². The monoisotopic (exact) mass is 484 g/mol. The van der Waals surface area contributed by atoms with Crippen LogP contribution in [0.15, 0.2) is 12.5 Å². The minimum absolute atomic E-state index is 0.133. The van der Waals surface area contributed by atoms with Crippen molar-refractivity contribution in [1.29, 1.82) is 0 Å². The molecule has 0 aliphatic heterocycles. The quantitative estimate of drug-likeness (QED) is 0.141. The van der Waals surface area contributed by atoms with Crippen LogP contribution >= 0.6 is 0 Å². The second-order valence-corrected chi connectivity index (χ2v) is 8.17. The molecule has 1 aromatic rings. The highest BCUT2D eigenvalue weighted by Gasteiger charge is 2.33. The predicted octanol–water partition coefficient (Wildman–Crippen LogP) is -2.28. The molecule has 9 N–H and O–H groups in total. The summed E-state index contributed by atoms with van der Waals surface area (Å²) in [4.78, 5) is 66.8. The summed E-state index contributed by atoms with van der Waals surface area (Å²) in [7, 11) is 0. The second-order valence-electron chi connectivity index (χ2n) is 8.17. The molecule has 14 heteroatoms. The van der Waals surface area contributed by atoms with Crippen LogP contribution in [-0.4, -0.2) is 85.2 Å². The van der Waals surface area contributed by atoms with Gasteiger partial charge in [0.05, 0.1) is 18.5 Å². The number of aliphatic carboxylic acids is 2.